The van der Waals surface area contributed by atoms with Crippen LogP contribution in [0.3, 0.4) is 0 Å². The standard InChI is InChI=1S/C12H13BrFNO3/c13-9-1-2-10(14)8(5-9)6-15-3-4-18-11(7-15)12(16)17/h1-2,5,11H,3-4,6-7H2,(H,16,17). The number of hydrogen-bond donors (Lipinski definition) is 1. The van der Waals surface area contributed by atoms with E-state index in [0.29, 0.717) is 25.3 Å². The SMILES string of the molecule is O=C(O)C1CN(Cc2cc(Br)ccc2F)CCO1. The molecule has 1 heterocycles. The highest BCUT2D eigenvalue weighted by Crippen LogP contribution is 2.18. The van der Waals surface area contributed by atoms with E-state index in [2.05, 4.69) is 15.9 Å². The van der Waals surface area contributed by atoms with Gasteiger partial charge in [-0.05, 0) is 18.2 Å². The Labute approximate surface area is 112 Å². The van der Waals surface area contributed by atoms with Gasteiger partial charge in [0.1, 0.15) is 5.82 Å². The Morgan fingerprint density at radius 1 is 1.61 bits per heavy atom. The number of carboxylic acid groups (broad SMARTS) is 1. The topological polar surface area (TPSA) is 49.8 Å². The fraction of sp³-hybridized carbons (Fsp3) is 0.417. The molecule has 0 bridgehead atoms. The summed E-state index contributed by atoms with van der Waals surface area (Å²) in [6.45, 7) is 1.63. The smallest absolute Gasteiger partial charge is 0.334 e. The van der Waals surface area contributed by atoms with Crippen LogP contribution in [0.5, 0.6) is 0 Å². The van der Waals surface area contributed by atoms with Gasteiger partial charge in [-0.1, -0.05) is 15.9 Å². The third kappa shape index (κ3) is 3.28. The molecule has 1 saturated heterocycles. The Balaban J connectivity index is 2.04. The first kappa shape index (κ1) is 13.5. The van der Waals surface area contributed by atoms with Crippen molar-refractivity contribution in [3.63, 3.8) is 0 Å². The molecule has 0 spiro atoms. The van der Waals surface area contributed by atoms with E-state index in [4.69, 9.17) is 9.84 Å². The summed E-state index contributed by atoms with van der Waals surface area (Å²) >= 11 is 3.29. The van der Waals surface area contributed by atoms with Crippen molar-refractivity contribution in [1.29, 1.82) is 0 Å². The summed E-state index contributed by atoms with van der Waals surface area (Å²) in [4.78, 5) is 12.7. The second-order valence-corrected chi connectivity index (χ2v) is 5.08. The molecule has 1 N–H and O–H groups in total. The largest absolute Gasteiger partial charge is 0.479 e. The van der Waals surface area contributed by atoms with Crippen LogP contribution < -0.4 is 0 Å². The number of carbonyl (C=O) groups is 1. The molecule has 6 heteroatoms. The van der Waals surface area contributed by atoms with Gasteiger partial charge in [0.15, 0.2) is 6.10 Å². The van der Waals surface area contributed by atoms with Crippen LogP contribution in [0.1, 0.15) is 5.56 Å². The lowest BCUT2D eigenvalue weighted by molar-refractivity contribution is -0.156. The molecule has 18 heavy (non-hydrogen) atoms. The van der Waals surface area contributed by atoms with Crippen LogP contribution in [-0.2, 0) is 16.1 Å². The van der Waals surface area contributed by atoms with Crippen molar-refractivity contribution in [3.05, 3.63) is 34.1 Å². The molecule has 0 aromatic heterocycles. The molecule has 0 amide bonds. The van der Waals surface area contributed by atoms with E-state index >= 15 is 0 Å². The summed E-state index contributed by atoms with van der Waals surface area (Å²) in [7, 11) is 0. The van der Waals surface area contributed by atoms with E-state index < -0.39 is 12.1 Å². The second-order valence-electron chi connectivity index (χ2n) is 4.17. The molecule has 0 saturated carbocycles. The Bertz CT molecular complexity index is 455. The Morgan fingerprint density at radius 2 is 2.39 bits per heavy atom. The van der Waals surface area contributed by atoms with Gasteiger partial charge in [0.25, 0.3) is 0 Å². The minimum absolute atomic E-state index is 0.279. The first-order valence-corrected chi connectivity index (χ1v) is 6.36. The highest BCUT2D eigenvalue weighted by molar-refractivity contribution is 9.10. The first-order chi connectivity index (χ1) is 8.56. The molecule has 1 aliphatic heterocycles. The van der Waals surface area contributed by atoms with Gasteiger partial charge in [-0.2, -0.15) is 0 Å². The average molecular weight is 318 g/mol. The van der Waals surface area contributed by atoms with Crippen LogP contribution >= 0.6 is 15.9 Å². The highest BCUT2D eigenvalue weighted by Gasteiger charge is 2.26. The number of benzene rings is 1. The number of aliphatic carboxylic acids is 1. The van der Waals surface area contributed by atoms with E-state index in [1.54, 1.807) is 12.1 Å². The third-order valence-electron chi connectivity index (χ3n) is 2.83. The Morgan fingerprint density at radius 3 is 3.11 bits per heavy atom. The summed E-state index contributed by atoms with van der Waals surface area (Å²) in [5, 5.41) is 8.89. The molecule has 1 aromatic rings. The molecule has 0 aliphatic carbocycles. The zero-order valence-corrected chi connectivity index (χ0v) is 11.2. The molecule has 1 unspecified atom stereocenters. The van der Waals surface area contributed by atoms with Crippen molar-refractivity contribution in [3.8, 4) is 0 Å². The lowest BCUT2D eigenvalue weighted by Crippen LogP contribution is -2.45. The van der Waals surface area contributed by atoms with E-state index in [0.717, 1.165) is 4.47 Å². The maximum atomic E-state index is 13.6. The van der Waals surface area contributed by atoms with Gasteiger partial charge in [0, 0.05) is 29.7 Å². The number of ether oxygens (including phenoxy) is 1. The van der Waals surface area contributed by atoms with Crippen LogP contribution in [0.2, 0.25) is 0 Å². The molecule has 4 nitrogen and oxygen atoms in total. The van der Waals surface area contributed by atoms with Gasteiger partial charge >= 0.3 is 5.97 Å². The molecular formula is C12H13BrFNO3. The zero-order valence-electron chi connectivity index (χ0n) is 9.60. The number of nitrogens with zero attached hydrogens (tertiary/aromatic N) is 1. The monoisotopic (exact) mass is 317 g/mol. The fourth-order valence-corrected chi connectivity index (χ4v) is 2.31. The van der Waals surface area contributed by atoms with Crippen molar-refractivity contribution in [1.82, 2.24) is 4.90 Å². The number of morpholine rings is 1. The zero-order chi connectivity index (χ0) is 13.1. The normalized spacial score (nSPS) is 20.9. The molecule has 1 aromatic carbocycles. The number of hydrogen-bond acceptors (Lipinski definition) is 3. The Kier molecular flexibility index (Phi) is 4.31. The fourth-order valence-electron chi connectivity index (χ4n) is 1.90. The molecule has 1 aliphatic rings. The molecule has 1 atom stereocenters. The van der Waals surface area contributed by atoms with Crippen molar-refractivity contribution < 1.29 is 19.0 Å². The van der Waals surface area contributed by atoms with E-state index in [-0.39, 0.29) is 12.4 Å². The van der Waals surface area contributed by atoms with E-state index in [1.165, 1.54) is 6.07 Å². The van der Waals surface area contributed by atoms with Crippen molar-refractivity contribution in [2.45, 2.75) is 12.6 Å². The predicted octanol–water partition coefficient (Wildman–Crippen LogP) is 1.87. The first-order valence-electron chi connectivity index (χ1n) is 5.57. The van der Waals surface area contributed by atoms with Gasteiger partial charge in [-0.25, -0.2) is 9.18 Å². The maximum Gasteiger partial charge on any atom is 0.334 e. The van der Waals surface area contributed by atoms with Gasteiger partial charge in [-0.15, -0.1) is 0 Å². The van der Waals surface area contributed by atoms with Gasteiger partial charge < -0.3 is 9.84 Å². The third-order valence-corrected chi connectivity index (χ3v) is 3.32. The lowest BCUT2D eigenvalue weighted by Gasteiger charge is -2.30. The quantitative estimate of drug-likeness (QED) is 0.924. The molecule has 0 radical (unpaired) electrons. The minimum Gasteiger partial charge on any atom is -0.479 e. The number of carboxylic acids is 1. The van der Waals surface area contributed by atoms with Gasteiger partial charge in [0.05, 0.1) is 6.61 Å². The number of rotatable bonds is 3. The predicted molar refractivity (Wildman–Crippen MR) is 66.8 cm³/mol. The average Bonchev–Trinajstić information content (AvgIpc) is 2.34. The second kappa shape index (κ2) is 5.77. The summed E-state index contributed by atoms with van der Waals surface area (Å²) in [5.41, 5.74) is 0.551. The van der Waals surface area contributed by atoms with Gasteiger partial charge in [0.2, 0.25) is 0 Å². The van der Waals surface area contributed by atoms with Gasteiger partial charge in [-0.3, -0.25) is 4.90 Å². The van der Waals surface area contributed by atoms with Crippen molar-refractivity contribution >= 4 is 21.9 Å². The van der Waals surface area contributed by atoms with E-state index in [1.807, 2.05) is 4.90 Å². The maximum absolute atomic E-state index is 13.6. The lowest BCUT2D eigenvalue weighted by atomic mass is 10.1. The molecule has 98 valence electrons. The highest BCUT2D eigenvalue weighted by atomic mass is 79.9. The van der Waals surface area contributed by atoms with Crippen molar-refractivity contribution in [2.24, 2.45) is 0 Å². The van der Waals surface area contributed by atoms with Crippen LogP contribution in [-0.4, -0.2) is 41.8 Å². The van der Waals surface area contributed by atoms with E-state index in [9.17, 15) is 9.18 Å². The summed E-state index contributed by atoms with van der Waals surface area (Å²) < 4.78 is 19.5. The van der Waals surface area contributed by atoms with Crippen molar-refractivity contribution in [2.75, 3.05) is 19.7 Å². The van der Waals surface area contributed by atoms with Crippen LogP contribution in [0.25, 0.3) is 0 Å². The summed E-state index contributed by atoms with van der Waals surface area (Å²) in [6, 6.07) is 4.74. The summed E-state index contributed by atoms with van der Waals surface area (Å²) in [5.74, 6) is -1.26. The van der Waals surface area contributed by atoms with Crippen LogP contribution in [0, 0.1) is 5.82 Å². The molecule has 2 rings (SSSR count). The molecular weight excluding hydrogens is 305 g/mol. The Hall–Kier alpha value is -0.980. The van der Waals surface area contributed by atoms with Crippen LogP contribution in [0.4, 0.5) is 4.39 Å². The van der Waals surface area contributed by atoms with Crippen LogP contribution in [0.15, 0.2) is 22.7 Å². The summed E-state index contributed by atoms with van der Waals surface area (Å²) in [6.07, 6.45) is -0.825. The molecule has 1 fully saturated rings. The minimum atomic E-state index is -0.977. The number of halogens is 2.